The van der Waals surface area contributed by atoms with Gasteiger partial charge in [0, 0.05) is 38.9 Å². The Balaban J connectivity index is 2.02. The van der Waals surface area contributed by atoms with Crippen LogP contribution in [0.3, 0.4) is 0 Å². The van der Waals surface area contributed by atoms with Gasteiger partial charge in [-0.1, -0.05) is 6.92 Å². The van der Waals surface area contributed by atoms with Crippen LogP contribution in [0.15, 0.2) is 18.3 Å². The summed E-state index contributed by atoms with van der Waals surface area (Å²) in [6.07, 6.45) is 2.88. The lowest BCUT2D eigenvalue weighted by atomic mass is 10.2. The molecule has 1 aliphatic heterocycles. The van der Waals surface area contributed by atoms with Crippen molar-refractivity contribution in [2.24, 2.45) is 0 Å². The summed E-state index contributed by atoms with van der Waals surface area (Å²) < 4.78 is 0. The zero-order chi connectivity index (χ0) is 14.4. The van der Waals surface area contributed by atoms with E-state index >= 15 is 0 Å². The molecule has 0 atom stereocenters. The summed E-state index contributed by atoms with van der Waals surface area (Å²) in [5.41, 5.74) is 0.679. The smallest absolute Gasteiger partial charge is 0.257 e. The molecule has 2 heterocycles. The lowest BCUT2D eigenvalue weighted by Crippen LogP contribution is -2.48. The third kappa shape index (κ3) is 3.48. The number of anilines is 1. The molecule has 1 fully saturated rings. The first-order valence-electron chi connectivity index (χ1n) is 7.46. The Hall–Kier alpha value is -1.62. The fourth-order valence-corrected chi connectivity index (χ4v) is 2.55. The fourth-order valence-electron chi connectivity index (χ4n) is 2.55. The first-order valence-corrected chi connectivity index (χ1v) is 7.46. The number of nitrogens with zero attached hydrogens (tertiary/aromatic N) is 3. The second kappa shape index (κ2) is 7.24. The van der Waals surface area contributed by atoms with Gasteiger partial charge in [0.15, 0.2) is 0 Å². The maximum atomic E-state index is 12.6. The third-order valence-electron chi connectivity index (χ3n) is 3.58. The van der Waals surface area contributed by atoms with Crippen LogP contribution in [0.5, 0.6) is 0 Å². The van der Waals surface area contributed by atoms with E-state index in [0.29, 0.717) is 11.4 Å². The predicted octanol–water partition coefficient (Wildman–Crippen LogP) is 1.68. The number of hydrogen-bond donors (Lipinski definition) is 1. The Morgan fingerprint density at radius 1 is 1.30 bits per heavy atom. The molecule has 0 spiro atoms. The molecule has 20 heavy (non-hydrogen) atoms. The van der Waals surface area contributed by atoms with Gasteiger partial charge in [-0.25, -0.2) is 4.98 Å². The summed E-state index contributed by atoms with van der Waals surface area (Å²) in [7, 11) is 0. The standard InChI is InChI=1S/C15H24N4O/c1-3-8-18-9-11-19(12-10-18)15(20)13-6-5-7-17-14(13)16-4-2/h5-7H,3-4,8-12H2,1-2H3,(H,16,17). The number of pyridine rings is 1. The molecule has 0 unspecified atom stereocenters. The quantitative estimate of drug-likeness (QED) is 0.889. The number of rotatable bonds is 5. The van der Waals surface area contributed by atoms with Gasteiger partial charge in [-0.2, -0.15) is 0 Å². The molecular weight excluding hydrogens is 252 g/mol. The molecule has 1 aromatic heterocycles. The van der Waals surface area contributed by atoms with Gasteiger partial charge in [-0.15, -0.1) is 0 Å². The topological polar surface area (TPSA) is 48.5 Å². The summed E-state index contributed by atoms with van der Waals surface area (Å²) in [5, 5.41) is 3.16. The monoisotopic (exact) mass is 276 g/mol. The summed E-state index contributed by atoms with van der Waals surface area (Å²) in [4.78, 5) is 21.2. The van der Waals surface area contributed by atoms with Crippen LogP contribution in [-0.2, 0) is 0 Å². The van der Waals surface area contributed by atoms with E-state index < -0.39 is 0 Å². The molecule has 0 radical (unpaired) electrons. The van der Waals surface area contributed by atoms with Crippen LogP contribution < -0.4 is 5.32 Å². The highest BCUT2D eigenvalue weighted by atomic mass is 16.2. The number of piperazine rings is 1. The number of carbonyl (C=O) groups is 1. The Labute approximate surface area is 121 Å². The van der Waals surface area contributed by atoms with E-state index in [1.54, 1.807) is 6.20 Å². The highest BCUT2D eigenvalue weighted by Gasteiger charge is 2.23. The molecule has 110 valence electrons. The molecule has 1 aliphatic rings. The van der Waals surface area contributed by atoms with Crippen LogP contribution in [0.4, 0.5) is 5.82 Å². The SMILES string of the molecule is CCCN1CCN(C(=O)c2cccnc2NCC)CC1. The summed E-state index contributed by atoms with van der Waals surface area (Å²) in [6, 6.07) is 3.67. The summed E-state index contributed by atoms with van der Waals surface area (Å²) in [5.74, 6) is 0.779. The van der Waals surface area contributed by atoms with Gasteiger partial charge in [-0.3, -0.25) is 9.69 Å². The van der Waals surface area contributed by atoms with Crippen LogP contribution in [0.1, 0.15) is 30.6 Å². The van der Waals surface area contributed by atoms with E-state index in [2.05, 4.69) is 22.1 Å². The number of hydrogen-bond acceptors (Lipinski definition) is 4. The zero-order valence-corrected chi connectivity index (χ0v) is 12.4. The normalized spacial score (nSPS) is 16.2. The van der Waals surface area contributed by atoms with E-state index in [9.17, 15) is 4.79 Å². The van der Waals surface area contributed by atoms with Gasteiger partial charge >= 0.3 is 0 Å². The molecule has 0 bridgehead atoms. The van der Waals surface area contributed by atoms with Crippen molar-refractivity contribution in [3.63, 3.8) is 0 Å². The molecule has 0 aliphatic carbocycles. The molecule has 1 aromatic rings. The number of nitrogens with one attached hydrogen (secondary N) is 1. The number of amides is 1. The number of carbonyl (C=O) groups excluding carboxylic acids is 1. The first-order chi connectivity index (χ1) is 9.76. The van der Waals surface area contributed by atoms with Crippen molar-refractivity contribution in [2.75, 3.05) is 44.6 Å². The molecule has 5 heteroatoms. The van der Waals surface area contributed by atoms with Gasteiger partial charge in [0.05, 0.1) is 5.56 Å². The highest BCUT2D eigenvalue weighted by Crippen LogP contribution is 2.15. The van der Waals surface area contributed by atoms with Crippen LogP contribution in [0.2, 0.25) is 0 Å². The van der Waals surface area contributed by atoms with Crippen LogP contribution in [0.25, 0.3) is 0 Å². The van der Waals surface area contributed by atoms with Crippen LogP contribution in [0, 0.1) is 0 Å². The Morgan fingerprint density at radius 2 is 2.05 bits per heavy atom. The van der Waals surface area contributed by atoms with Crippen molar-refractivity contribution in [3.8, 4) is 0 Å². The van der Waals surface area contributed by atoms with E-state index in [4.69, 9.17) is 0 Å². The fraction of sp³-hybridized carbons (Fsp3) is 0.600. The summed E-state index contributed by atoms with van der Waals surface area (Å²) >= 11 is 0. The van der Waals surface area contributed by atoms with Crippen LogP contribution in [-0.4, -0.2) is 60.0 Å². The molecule has 0 saturated carbocycles. The van der Waals surface area contributed by atoms with E-state index in [-0.39, 0.29) is 5.91 Å². The minimum absolute atomic E-state index is 0.0881. The Kier molecular flexibility index (Phi) is 5.35. The maximum Gasteiger partial charge on any atom is 0.257 e. The van der Waals surface area contributed by atoms with Crippen molar-refractivity contribution in [3.05, 3.63) is 23.9 Å². The first kappa shape index (κ1) is 14.8. The van der Waals surface area contributed by atoms with Gasteiger partial charge in [0.25, 0.3) is 5.91 Å². The molecular formula is C15H24N4O. The molecule has 1 saturated heterocycles. The Bertz CT molecular complexity index is 441. The molecule has 5 nitrogen and oxygen atoms in total. The average molecular weight is 276 g/mol. The highest BCUT2D eigenvalue weighted by molar-refractivity contribution is 5.98. The second-order valence-corrected chi connectivity index (χ2v) is 5.06. The predicted molar refractivity (Wildman–Crippen MR) is 81.0 cm³/mol. The van der Waals surface area contributed by atoms with Gasteiger partial charge in [-0.05, 0) is 32.0 Å². The zero-order valence-electron chi connectivity index (χ0n) is 12.4. The minimum Gasteiger partial charge on any atom is -0.370 e. The average Bonchev–Trinajstić information content (AvgIpc) is 2.49. The van der Waals surface area contributed by atoms with Crippen molar-refractivity contribution in [2.45, 2.75) is 20.3 Å². The molecule has 1 N–H and O–H groups in total. The lowest BCUT2D eigenvalue weighted by Gasteiger charge is -2.34. The van der Waals surface area contributed by atoms with Crippen molar-refractivity contribution in [1.82, 2.24) is 14.8 Å². The molecule has 2 rings (SSSR count). The van der Waals surface area contributed by atoms with E-state index in [1.807, 2.05) is 24.0 Å². The van der Waals surface area contributed by atoms with Gasteiger partial charge in [0.2, 0.25) is 0 Å². The van der Waals surface area contributed by atoms with Crippen molar-refractivity contribution in [1.29, 1.82) is 0 Å². The number of aromatic nitrogens is 1. The molecule has 0 aromatic carbocycles. The van der Waals surface area contributed by atoms with Crippen LogP contribution >= 0.6 is 0 Å². The van der Waals surface area contributed by atoms with Crippen molar-refractivity contribution < 1.29 is 4.79 Å². The van der Waals surface area contributed by atoms with Gasteiger partial charge < -0.3 is 10.2 Å². The second-order valence-electron chi connectivity index (χ2n) is 5.06. The van der Waals surface area contributed by atoms with E-state index in [1.165, 1.54) is 6.42 Å². The molecule has 1 amide bonds. The largest absolute Gasteiger partial charge is 0.370 e. The summed E-state index contributed by atoms with van der Waals surface area (Å²) in [6.45, 7) is 9.63. The van der Waals surface area contributed by atoms with E-state index in [0.717, 1.165) is 39.3 Å². The lowest BCUT2D eigenvalue weighted by molar-refractivity contribution is 0.0638. The minimum atomic E-state index is 0.0881. The van der Waals surface area contributed by atoms with Crippen molar-refractivity contribution >= 4 is 11.7 Å². The Morgan fingerprint density at radius 3 is 2.70 bits per heavy atom. The van der Waals surface area contributed by atoms with Gasteiger partial charge in [0.1, 0.15) is 5.82 Å². The maximum absolute atomic E-state index is 12.6. The third-order valence-corrected chi connectivity index (χ3v) is 3.58.